The topological polar surface area (TPSA) is 51.4 Å². The first-order valence-corrected chi connectivity index (χ1v) is 6.01. The van der Waals surface area contributed by atoms with E-state index >= 15 is 0 Å². The van der Waals surface area contributed by atoms with Gasteiger partial charge >= 0.3 is 0 Å². The number of likely N-dealkylation sites (N-methyl/N-ethyl adjacent to an activating group) is 1. The third-order valence-electron chi connectivity index (χ3n) is 2.37. The first kappa shape index (κ1) is 10.9. The zero-order valence-corrected chi connectivity index (χ0v) is 10.0. The van der Waals surface area contributed by atoms with Crippen LogP contribution in [0, 0.1) is 0 Å². The summed E-state index contributed by atoms with van der Waals surface area (Å²) in [6.45, 7) is 4.37. The predicted octanol–water partition coefficient (Wildman–Crippen LogP) is 0.999. The zero-order chi connectivity index (χ0) is 10.8. The molecule has 0 radical (unpaired) electrons. The maximum atomic E-state index is 5.76. The van der Waals surface area contributed by atoms with Crippen LogP contribution in [0.1, 0.15) is 17.5 Å². The summed E-state index contributed by atoms with van der Waals surface area (Å²) in [5, 5.41) is 1.06. The van der Waals surface area contributed by atoms with E-state index in [9.17, 15) is 0 Å². The quantitative estimate of drug-likeness (QED) is 0.837. The third kappa shape index (κ3) is 2.48. The SMILES string of the molecule is CC(N)CN(C)c1nc2c(s1)COCC2. The van der Waals surface area contributed by atoms with Gasteiger partial charge in [0.2, 0.25) is 0 Å². The Balaban J connectivity index is 2.11. The van der Waals surface area contributed by atoms with Gasteiger partial charge in [0.1, 0.15) is 0 Å². The Morgan fingerprint density at radius 1 is 1.67 bits per heavy atom. The second-order valence-electron chi connectivity index (χ2n) is 4.03. The van der Waals surface area contributed by atoms with Gasteiger partial charge in [0.25, 0.3) is 0 Å². The standard InChI is InChI=1S/C10H17N3OS/c1-7(11)5-13(2)10-12-8-3-4-14-6-9(8)15-10/h7H,3-6,11H2,1-2H3. The fourth-order valence-corrected chi connectivity index (χ4v) is 2.70. The molecule has 0 aromatic carbocycles. The summed E-state index contributed by atoms with van der Waals surface area (Å²) in [5.74, 6) is 0. The molecular weight excluding hydrogens is 210 g/mol. The highest BCUT2D eigenvalue weighted by Gasteiger charge is 2.17. The van der Waals surface area contributed by atoms with E-state index in [0.29, 0.717) is 0 Å². The van der Waals surface area contributed by atoms with E-state index < -0.39 is 0 Å². The molecular formula is C10H17N3OS. The van der Waals surface area contributed by atoms with Crippen LogP contribution in [0.5, 0.6) is 0 Å². The number of thiazole rings is 1. The van der Waals surface area contributed by atoms with E-state index in [1.165, 1.54) is 10.6 Å². The number of fused-ring (bicyclic) bond motifs is 1. The summed E-state index contributed by atoms with van der Waals surface area (Å²) in [5.41, 5.74) is 6.97. The van der Waals surface area contributed by atoms with Crippen molar-refractivity contribution in [2.75, 3.05) is 25.1 Å². The molecule has 0 spiro atoms. The number of hydrogen-bond donors (Lipinski definition) is 1. The van der Waals surface area contributed by atoms with Crippen LogP contribution in [0.4, 0.5) is 5.13 Å². The van der Waals surface area contributed by atoms with E-state index in [2.05, 4.69) is 9.88 Å². The molecule has 2 N–H and O–H groups in total. The van der Waals surface area contributed by atoms with Gasteiger partial charge in [-0.2, -0.15) is 0 Å². The number of nitrogens with zero attached hydrogens (tertiary/aromatic N) is 2. The van der Waals surface area contributed by atoms with Crippen molar-refractivity contribution in [1.82, 2.24) is 4.98 Å². The van der Waals surface area contributed by atoms with Crippen molar-refractivity contribution in [3.05, 3.63) is 10.6 Å². The Hall–Kier alpha value is -0.650. The summed E-state index contributed by atoms with van der Waals surface area (Å²) in [4.78, 5) is 8.00. The number of aromatic nitrogens is 1. The fraction of sp³-hybridized carbons (Fsp3) is 0.700. The number of anilines is 1. The van der Waals surface area contributed by atoms with Gasteiger partial charge in [-0.15, -0.1) is 0 Å². The van der Waals surface area contributed by atoms with Gasteiger partial charge in [0.15, 0.2) is 5.13 Å². The molecule has 0 saturated heterocycles. The van der Waals surface area contributed by atoms with Crippen LogP contribution in [-0.2, 0) is 17.8 Å². The van der Waals surface area contributed by atoms with Gasteiger partial charge in [-0.05, 0) is 6.92 Å². The zero-order valence-electron chi connectivity index (χ0n) is 9.19. The van der Waals surface area contributed by atoms with E-state index in [-0.39, 0.29) is 6.04 Å². The Morgan fingerprint density at radius 2 is 2.47 bits per heavy atom. The lowest BCUT2D eigenvalue weighted by Crippen LogP contribution is -2.32. The van der Waals surface area contributed by atoms with Crippen molar-refractivity contribution in [3.8, 4) is 0 Å². The minimum Gasteiger partial charge on any atom is -0.375 e. The molecule has 1 aliphatic heterocycles. The Bertz CT molecular complexity index is 314. The Kier molecular flexibility index (Phi) is 3.23. The molecule has 0 fully saturated rings. The molecule has 1 aromatic rings. The van der Waals surface area contributed by atoms with Crippen LogP contribution in [0.3, 0.4) is 0 Å². The first-order chi connectivity index (χ1) is 7.16. The monoisotopic (exact) mass is 227 g/mol. The summed E-state index contributed by atoms with van der Waals surface area (Å²) < 4.78 is 5.40. The van der Waals surface area contributed by atoms with Crippen LogP contribution < -0.4 is 10.6 Å². The molecule has 1 aliphatic rings. The summed E-state index contributed by atoms with van der Waals surface area (Å²) in [6, 6.07) is 0.173. The van der Waals surface area contributed by atoms with E-state index in [4.69, 9.17) is 10.5 Å². The molecule has 0 saturated carbocycles. The molecule has 0 bridgehead atoms. The van der Waals surface area contributed by atoms with Gasteiger partial charge in [0, 0.05) is 26.1 Å². The Labute approximate surface area is 94.1 Å². The van der Waals surface area contributed by atoms with Crippen molar-refractivity contribution in [1.29, 1.82) is 0 Å². The molecule has 0 amide bonds. The van der Waals surface area contributed by atoms with Gasteiger partial charge < -0.3 is 15.4 Å². The number of ether oxygens (including phenoxy) is 1. The third-order valence-corrected chi connectivity index (χ3v) is 3.56. The van der Waals surface area contributed by atoms with Crippen LogP contribution in [0.15, 0.2) is 0 Å². The highest BCUT2D eigenvalue weighted by Crippen LogP contribution is 2.28. The summed E-state index contributed by atoms with van der Waals surface area (Å²) in [7, 11) is 2.04. The lowest BCUT2D eigenvalue weighted by Gasteiger charge is -2.17. The van der Waals surface area contributed by atoms with Gasteiger partial charge in [-0.1, -0.05) is 11.3 Å². The average Bonchev–Trinajstić information content (AvgIpc) is 2.59. The molecule has 1 unspecified atom stereocenters. The molecule has 15 heavy (non-hydrogen) atoms. The molecule has 1 aromatic heterocycles. The minimum absolute atomic E-state index is 0.173. The van der Waals surface area contributed by atoms with Crippen molar-refractivity contribution in [2.45, 2.75) is 26.0 Å². The molecule has 84 valence electrons. The normalized spacial score (nSPS) is 17.3. The van der Waals surface area contributed by atoms with Crippen molar-refractivity contribution >= 4 is 16.5 Å². The molecule has 0 aliphatic carbocycles. The van der Waals surface area contributed by atoms with Crippen molar-refractivity contribution < 1.29 is 4.74 Å². The number of nitrogens with two attached hydrogens (primary N) is 1. The number of rotatable bonds is 3. The molecule has 2 rings (SSSR count). The van der Waals surface area contributed by atoms with E-state index in [0.717, 1.165) is 31.3 Å². The maximum Gasteiger partial charge on any atom is 0.185 e. The van der Waals surface area contributed by atoms with E-state index in [1.807, 2.05) is 14.0 Å². The minimum atomic E-state index is 0.173. The fourth-order valence-electron chi connectivity index (χ4n) is 1.68. The Morgan fingerprint density at radius 3 is 3.13 bits per heavy atom. The first-order valence-electron chi connectivity index (χ1n) is 5.20. The summed E-state index contributed by atoms with van der Waals surface area (Å²) in [6.07, 6.45) is 0.942. The maximum absolute atomic E-state index is 5.76. The van der Waals surface area contributed by atoms with Gasteiger partial charge in [-0.25, -0.2) is 4.98 Å². The van der Waals surface area contributed by atoms with Crippen LogP contribution in [-0.4, -0.2) is 31.2 Å². The van der Waals surface area contributed by atoms with Crippen LogP contribution in [0.25, 0.3) is 0 Å². The molecule has 2 heterocycles. The van der Waals surface area contributed by atoms with Crippen LogP contribution >= 0.6 is 11.3 Å². The molecule has 5 heteroatoms. The van der Waals surface area contributed by atoms with Crippen molar-refractivity contribution in [2.24, 2.45) is 5.73 Å². The number of hydrogen-bond acceptors (Lipinski definition) is 5. The second kappa shape index (κ2) is 4.47. The van der Waals surface area contributed by atoms with Crippen molar-refractivity contribution in [3.63, 3.8) is 0 Å². The van der Waals surface area contributed by atoms with Gasteiger partial charge in [0.05, 0.1) is 23.8 Å². The predicted molar refractivity (Wildman–Crippen MR) is 62.4 cm³/mol. The smallest absolute Gasteiger partial charge is 0.185 e. The van der Waals surface area contributed by atoms with E-state index in [1.54, 1.807) is 11.3 Å². The highest BCUT2D eigenvalue weighted by atomic mass is 32.1. The lowest BCUT2D eigenvalue weighted by molar-refractivity contribution is 0.112. The van der Waals surface area contributed by atoms with Gasteiger partial charge in [-0.3, -0.25) is 0 Å². The highest BCUT2D eigenvalue weighted by molar-refractivity contribution is 7.15. The van der Waals surface area contributed by atoms with Crippen LogP contribution in [0.2, 0.25) is 0 Å². The molecule has 4 nitrogen and oxygen atoms in total. The average molecular weight is 227 g/mol. The second-order valence-corrected chi connectivity index (χ2v) is 5.09. The lowest BCUT2D eigenvalue weighted by atomic mass is 10.2. The molecule has 1 atom stereocenters. The largest absolute Gasteiger partial charge is 0.375 e. The summed E-state index contributed by atoms with van der Waals surface area (Å²) >= 11 is 1.72.